The molecule has 132 valence electrons. The maximum atomic E-state index is 5.59. The molecule has 1 aromatic heterocycles. The van der Waals surface area contributed by atoms with Gasteiger partial charge in [-0.05, 0) is 35.9 Å². The second-order valence-corrected chi connectivity index (χ2v) is 6.71. The van der Waals surface area contributed by atoms with E-state index in [1.165, 1.54) is 0 Å². The van der Waals surface area contributed by atoms with Crippen molar-refractivity contribution in [3.63, 3.8) is 0 Å². The summed E-state index contributed by atoms with van der Waals surface area (Å²) in [5.41, 5.74) is 3.01. The molecule has 1 aliphatic heterocycles. The Morgan fingerprint density at radius 1 is 1.12 bits per heavy atom. The summed E-state index contributed by atoms with van der Waals surface area (Å²) in [5, 5.41) is 7.73. The molecule has 0 aliphatic carbocycles. The second-order valence-electron chi connectivity index (χ2n) is 5.80. The largest absolute Gasteiger partial charge is 0.497 e. The van der Waals surface area contributed by atoms with Crippen LogP contribution in [-0.4, -0.2) is 29.0 Å². The van der Waals surface area contributed by atoms with Crippen LogP contribution in [-0.2, 0) is 0 Å². The number of halogens is 1. The first-order chi connectivity index (χ1) is 12.7. The summed E-state index contributed by atoms with van der Waals surface area (Å²) in [6.07, 6.45) is 3.66. The highest BCUT2D eigenvalue weighted by Gasteiger charge is 2.26. The number of nitrogens with one attached hydrogen (secondary N) is 1. The first kappa shape index (κ1) is 16.7. The van der Waals surface area contributed by atoms with Crippen molar-refractivity contribution in [3.05, 3.63) is 70.5 Å². The van der Waals surface area contributed by atoms with Gasteiger partial charge in [0.05, 0.1) is 14.2 Å². The van der Waals surface area contributed by atoms with E-state index in [0.717, 1.165) is 32.8 Å². The Balaban J connectivity index is 1.84. The van der Waals surface area contributed by atoms with Crippen LogP contribution in [0.1, 0.15) is 17.2 Å². The molecule has 2 aromatic carbocycles. The molecule has 4 rings (SSSR count). The quantitative estimate of drug-likeness (QED) is 0.698. The monoisotopic (exact) mass is 412 g/mol. The highest BCUT2D eigenvalue weighted by atomic mass is 79.9. The van der Waals surface area contributed by atoms with E-state index in [2.05, 4.69) is 49.5 Å². The van der Waals surface area contributed by atoms with Crippen molar-refractivity contribution in [2.75, 3.05) is 19.5 Å². The molecular weight excluding hydrogens is 396 g/mol. The molecule has 6 nitrogen and oxygen atoms in total. The molecule has 1 unspecified atom stereocenters. The van der Waals surface area contributed by atoms with Gasteiger partial charge >= 0.3 is 0 Å². The minimum absolute atomic E-state index is 0.149. The highest BCUT2D eigenvalue weighted by molar-refractivity contribution is 9.10. The Morgan fingerprint density at radius 3 is 2.77 bits per heavy atom. The number of hydrogen-bond donors (Lipinski definition) is 1. The minimum Gasteiger partial charge on any atom is -0.497 e. The number of benzene rings is 2. The Labute approximate surface area is 159 Å². The van der Waals surface area contributed by atoms with E-state index < -0.39 is 0 Å². The molecule has 0 spiro atoms. The zero-order valence-electron chi connectivity index (χ0n) is 14.3. The summed E-state index contributed by atoms with van der Waals surface area (Å²) in [6.45, 7) is 0. The third-order valence-corrected chi connectivity index (χ3v) is 4.80. The molecule has 0 radical (unpaired) electrons. The third kappa shape index (κ3) is 2.94. The molecule has 0 bridgehead atoms. The fraction of sp³-hybridized carbons (Fsp3) is 0.158. The van der Waals surface area contributed by atoms with Gasteiger partial charge in [-0.3, -0.25) is 0 Å². The van der Waals surface area contributed by atoms with Crippen LogP contribution in [0.2, 0.25) is 0 Å². The van der Waals surface area contributed by atoms with Gasteiger partial charge in [0.25, 0.3) is 0 Å². The average Bonchev–Trinajstić information content (AvgIpc) is 3.15. The zero-order valence-corrected chi connectivity index (χ0v) is 15.9. The Kier molecular flexibility index (Phi) is 4.38. The van der Waals surface area contributed by atoms with Crippen LogP contribution in [0.4, 0.5) is 5.95 Å². The second kappa shape index (κ2) is 6.84. The molecule has 0 fully saturated rings. The number of fused-ring (bicyclic) bond motifs is 1. The lowest BCUT2D eigenvalue weighted by molar-refractivity contribution is 0.387. The van der Waals surface area contributed by atoms with Gasteiger partial charge in [0, 0.05) is 21.8 Å². The van der Waals surface area contributed by atoms with Crippen LogP contribution in [0.5, 0.6) is 11.5 Å². The summed E-state index contributed by atoms with van der Waals surface area (Å²) in [6, 6.07) is 13.8. The number of hydrogen-bond acceptors (Lipinski definition) is 5. The van der Waals surface area contributed by atoms with Gasteiger partial charge in [0.2, 0.25) is 5.95 Å². The molecule has 3 aromatic rings. The van der Waals surface area contributed by atoms with E-state index in [1.54, 1.807) is 20.5 Å². The zero-order chi connectivity index (χ0) is 18.1. The van der Waals surface area contributed by atoms with Gasteiger partial charge < -0.3 is 14.8 Å². The van der Waals surface area contributed by atoms with Crippen LogP contribution in [0.3, 0.4) is 0 Å². The van der Waals surface area contributed by atoms with Crippen molar-refractivity contribution in [1.82, 2.24) is 14.8 Å². The number of nitrogens with zero attached hydrogens (tertiary/aromatic N) is 3. The molecule has 1 N–H and O–H groups in total. The first-order valence-electron chi connectivity index (χ1n) is 8.06. The number of allylic oxidation sites excluding steroid dienone is 1. The van der Waals surface area contributed by atoms with Gasteiger partial charge in [0.1, 0.15) is 23.9 Å². The van der Waals surface area contributed by atoms with E-state index in [-0.39, 0.29) is 6.04 Å². The van der Waals surface area contributed by atoms with Crippen molar-refractivity contribution in [2.24, 2.45) is 0 Å². The fourth-order valence-electron chi connectivity index (χ4n) is 3.04. The number of ether oxygens (including phenoxy) is 2. The molecule has 0 amide bonds. The summed E-state index contributed by atoms with van der Waals surface area (Å²) in [4.78, 5) is 4.34. The highest BCUT2D eigenvalue weighted by Crippen LogP contribution is 2.37. The molecular formula is C19H17BrN4O2. The number of anilines is 1. The topological polar surface area (TPSA) is 61.2 Å². The normalized spacial score (nSPS) is 15.7. The van der Waals surface area contributed by atoms with Crippen LogP contribution in [0.25, 0.3) is 5.70 Å². The van der Waals surface area contributed by atoms with Crippen LogP contribution < -0.4 is 14.8 Å². The number of rotatable bonds is 4. The minimum atomic E-state index is -0.149. The summed E-state index contributed by atoms with van der Waals surface area (Å²) in [5.74, 6) is 2.17. The fourth-order valence-corrected chi connectivity index (χ4v) is 3.44. The maximum absolute atomic E-state index is 5.59. The van der Waals surface area contributed by atoms with Gasteiger partial charge in [0.15, 0.2) is 0 Å². The van der Waals surface area contributed by atoms with Crippen LogP contribution in [0, 0.1) is 0 Å². The summed E-state index contributed by atoms with van der Waals surface area (Å²) in [7, 11) is 3.29. The van der Waals surface area contributed by atoms with Crippen molar-refractivity contribution >= 4 is 27.6 Å². The van der Waals surface area contributed by atoms with Crippen LogP contribution >= 0.6 is 15.9 Å². The summed E-state index contributed by atoms with van der Waals surface area (Å²) < 4.78 is 13.8. The molecule has 26 heavy (non-hydrogen) atoms. The first-order valence-corrected chi connectivity index (χ1v) is 8.85. The maximum Gasteiger partial charge on any atom is 0.226 e. The lowest BCUT2D eigenvalue weighted by Gasteiger charge is -2.25. The van der Waals surface area contributed by atoms with Crippen LogP contribution in [0.15, 0.2) is 59.3 Å². The van der Waals surface area contributed by atoms with Crippen molar-refractivity contribution < 1.29 is 9.47 Å². The molecule has 7 heteroatoms. The molecule has 0 saturated carbocycles. The molecule has 1 atom stereocenters. The van der Waals surface area contributed by atoms with Gasteiger partial charge in [-0.1, -0.05) is 28.1 Å². The predicted molar refractivity (Wildman–Crippen MR) is 103 cm³/mol. The molecule has 2 heterocycles. The average molecular weight is 413 g/mol. The Bertz CT molecular complexity index is 983. The summed E-state index contributed by atoms with van der Waals surface area (Å²) >= 11 is 3.53. The van der Waals surface area contributed by atoms with Gasteiger partial charge in [-0.25, -0.2) is 4.68 Å². The van der Waals surface area contributed by atoms with Gasteiger partial charge in [-0.15, -0.1) is 0 Å². The standard InChI is InChI=1S/C19H17BrN4O2/c1-25-14-6-7-15(18(9-14)26-2)17-10-16(12-4-3-5-13(20)8-12)23-19-21-11-22-24(17)19/h3-11,17H,1-2H3,(H,21,22,23). The van der Waals surface area contributed by atoms with E-state index in [1.807, 2.05) is 35.0 Å². The lowest BCUT2D eigenvalue weighted by Crippen LogP contribution is -2.20. The van der Waals surface area contributed by atoms with E-state index in [0.29, 0.717) is 5.95 Å². The Hall–Kier alpha value is -2.80. The lowest BCUT2D eigenvalue weighted by atomic mass is 10.0. The van der Waals surface area contributed by atoms with E-state index in [9.17, 15) is 0 Å². The number of methoxy groups -OCH3 is 2. The SMILES string of the molecule is COc1ccc(C2C=C(c3cccc(Br)c3)Nc3ncnn32)c(OC)c1. The molecule has 1 aliphatic rings. The van der Waals surface area contributed by atoms with E-state index in [4.69, 9.17) is 9.47 Å². The predicted octanol–water partition coefficient (Wildman–Crippen LogP) is 4.11. The van der Waals surface area contributed by atoms with Gasteiger partial charge in [-0.2, -0.15) is 10.1 Å². The van der Waals surface area contributed by atoms with E-state index >= 15 is 0 Å². The number of aromatic nitrogens is 3. The van der Waals surface area contributed by atoms with Crippen molar-refractivity contribution in [3.8, 4) is 11.5 Å². The molecule has 0 saturated heterocycles. The third-order valence-electron chi connectivity index (χ3n) is 4.30. The Morgan fingerprint density at radius 2 is 2.00 bits per heavy atom. The van der Waals surface area contributed by atoms with Crippen molar-refractivity contribution in [1.29, 1.82) is 0 Å². The van der Waals surface area contributed by atoms with Crippen molar-refractivity contribution in [2.45, 2.75) is 6.04 Å². The smallest absolute Gasteiger partial charge is 0.226 e.